The van der Waals surface area contributed by atoms with Crippen molar-refractivity contribution >= 4 is 0 Å². The largest absolute Gasteiger partial charge is 0.411 e. The van der Waals surface area contributed by atoms with Gasteiger partial charge >= 0.3 is 12.4 Å². The van der Waals surface area contributed by atoms with Crippen LogP contribution in [0.1, 0.15) is 111 Å². The van der Waals surface area contributed by atoms with Crippen molar-refractivity contribution in [3.05, 3.63) is 415 Å². The van der Waals surface area contributed by atoms with E-state index in [1.807, 2.05) is 24.3 Å². The molecule has 91 heavy (non-hydrogen) atoms. The molecule has 0 nitrogen and oxygen atoms in total. The Hall–Kier alpha value is -9.78. The molecule has 0 saturated heterocycles. The first-order chi connectivity index (χ1) is 44.1. The van der Waals surface area contributed by atoms with Crippen molar-refractivity contribution in [1.82, 2.24) is 0 Å². The van der Waals surface area contributed by atoms with Gasteiger partial charge in [-0.2, -0.15) is 26.3 Å². The lowest BCUT2D eigenvalue weighted by Gasteiger charge is -2.38. The van der Waals surface area contributed by atoms with Crippen LogP contribution in [0.5, 0.6) is 0 Å². The molecule has 0 bridgehead atoms. The summed E-state index contributed by atoms with van der Waals surface area (Å²) in [5.74, 6) is 0. The molecule has 13 rings (SSSR count). The lowest BCUT2D eigenvalue weighted by atomic mass is 9.65. The first-order valence-corrected chi connectivity index (χ1v) is 31.3. The topological polar surface area (TPSA) is 0 Å². The number of hydrogen-bond acceptors (Lipinski definition) is 0. The molecule has 12 aromatic carbocycles. The molecule has 0 aromatic heterocycles. The first-order valence-electron chi connectivity index (χ1n) is 31.3. The zero-order valence-corrected chi connectivity index (χ0v) is 50.9. The normalized spacial score (nSPS) is 13.0. The van der Waals surface area contributed by atoms with E-state index in [0.29, 0.717) is 36.8 Å². The summed E-state index contributed by atoms with van der Waals surface area (Å²) >= 11 is 0. The molecule has 0 radical (unpaired) electrons. The quantitative estimate of drug-likeness (QED) is 0.0593. The highest BCUT2D eigenvalue weighted by Crippen LogP contribution is 2.58. The SMILES string of the molecule is Cc1ccc(C(c2ccccc2)(c2ccccc2)c2ccc(CCc3ccc(Cc4ccc(Cc5ccc(C(c6ccc(CCc7ccc(C8(c9ccc(C)cc9)c9ccccc9-c9ccccc98)cc7)cc6)(C(F)(F)F)C(F)(F)F)cc5)cc4)cc3)cc2)cc1. The molecule has 0 spiro atoms. The van der Waals surface area contributed by atoms with Crippen LogP contribution in [-0.4, -0.2) is 12.4 Å². The van der Waals surface area contributed by atoms with E-state index in [1.54, 1.807) is 0 Å². The number of benzene rings is 12. The fraction of sp³-hybridized carbons (Fsp3) is 0.153. The standard InChI is InChI=1S/C85H68F6/c1-59-21-45-71(46-22-59)81(69-13-5-3-6-14-69,70-15-7-4-8-16-70)72-49-37-62(38-50-72)26-25-61-29-31-65(32-30-61)57-66-33-35-67(36-34-66)58-68-43-55-76(56-44-68)83(84(86,87)88,85(89,90)91)75-53-41-64(42-54-75)28-27-63-39-51-74(52-40-63)82(73-47-23-60(2)24-48-73)79-19-11-9-17-77(79)78-18-10-12-20-80(78)82/h3-24,29-56H,25-28,57-58H2,1-2H3. The van der Waals surface area contributed by atoms with Crippen LogP contribution < -0.4 is 0 Å². The van der Waals surface area contributed by atoms with Crippen LogP contribution >= 0.6 is 0 Å². The monoisotopic (exact) mass is 1200 g/mol. The maximum absolute atomic E-state index is 15.4. The number of fused-ring (bicyclic) bond motifs is 3. The van der Waals surface area contributed by atoms with Gasteiger partial charge in [-0.05, 0) is 164 Å². The Labute approximate surface area is 530 Å². The Morgan fingerprint density at radius 1 is 0.253 bits per heavy atom. The van der Waals surface area contributed by atoms with Gasteiger partial charge in [0.25, 0.3) is 0 Å². The molecule has 0 fully saturated rings. The molecule has 6 heteroatoms. The molecule has 0 atom stereocenters. The molecule has 0 heterocycles. The fourth-order valence-corrected chi connectivity index (χ4v) is 14.3. The highest BCUT2D eigenvalue weighted by atomic mass is 19.4. The summed E-state index contributed by atoms with van der Waals surface area (Å²) in [4.78, 5) is 0. The van der Waals surface area contributed by atoms with Crippen molar-refractivity contribution in [1.29, 1.82) is 0 Å². The van der Waals surface area contributed by atoms with Gasteiger partial charge in [0.1, 0.15) is 0 Å². The van der Waals surface area contributed by atoms with Gasteiger partial charge in [0.05, 0.1) is 10.8 Å². The van der Waals surface area contributed by atoms with Gasteiger partial charge in [0.15, 0.2) is 0 Å². The number of hydrogen-bond donors (Lipinski definition) is 0. The molecule has 0 amide bonds. The van der Waals surface area contributed by atoms with E-state index in [9.17, 15) is 0 Å². The molecular formula is C85H68F6. The second kappa shape index (κ2) is 24.9. The molecule has 0 unspecified atom stereocenters. The lowest BCUT2D eigenvalue weighted by Crippen LogP contribution is -2.54. The van der Waals surface area contributed by atoms with Crippen molar-refractivity contribution < 1.29 is 26.3 Å². The Morgan fingerprint density at radius 2 is 0.505 bits per heavy atom. The zero-order chi connectivity index (χ0) is 62.8. The van der Waals surface area contributed by atoms with Crippen molar-refractivity contribution in [2.24, 2.45) is 0 Å². The molecular weight excluding hydrogens is 1130 g/mol. The zero-order valence-electron chi connectivity index (χ0n) is 50.9. The van der Waals surface area contributed by atoms with E-state index < -0.39 is 39.7 Å². The summed E-state index contributed by atoms with van der Waals surface area (Å²) in [7, 11) is 0. The number of rotatable bonds is 18. The predicted octanol–water partition coefficient (Wildman–Crippen LogP) is 21.2. The summed E-state index contributed by atoms with van der Waals surface area (Å²) in [5.41, 5.74) is 15.1. The molecule has 1 aliphatic rings. The van der Waals surface area contributed by atoms with Gasteiger partial charge in [-0.25, -0.2) is 0 Å². The van der Waals surface area contributed by atoms with Crippen molar-refractivity contribution in [2.75, 3.05) is 0 Å². The molecule has 0 N–H and O–H groups in total. The van der Waals surface area contributed by atoms with Gasteiger partial charge in [-0.15, -0.1) is 0 Å². The van der Waals surface area contributed by atoms with E-state index in [-0.39, 0.29) is 0 Å². The van der Waals surface area contributed by atoms with Crippen LogP contribution in [-0.2, 0) is 54.8 Å². The van der Waals surface area contributed by atoms with Crippen molar-refractivity contribution in [3.8, 4) is 11.1 Å². The van der Waals surface area contributed by atoms with Gasteiger partial charge in [-0.1, -0.05) is 314 Å². The third-order valence-corrected chi connectivity index (χ3v) is 19.0. The second-order valence-electron chi connectivity index (χ2n) is 24.6. The smallest absolute Gasteiger partial charge is 0.169 e. The highest BCUT2D eigenvalue weighted by Gasteiger charge is 2.72. The third-order valence-electron chi connectivity index (χ3n) is 19.0. The minimum Gasteiger partial charge on any atom is -0.169 e. The van der Waals surface area contributed by atoms with Gasteiger partial charge in [0.2, 0.25) is 5.41 Å². The van der Waals surface area contributed by atoms with Crippen LogP contribution in [0.2, 0.25) is 0 Å². The first kappa shape index (κ1) is 60.1. The third kappa shape index (κ3) is 11.3. The summed E-state index contributed by atoms with van der Waals surface area (Å²) < 4.78 is 92.3. The van der Waals surface area contributed by atoms with Crippen molar-refractivity contribution in [3.63, 3.8) is 0 Å². The van der Waals surface area contributed by atoms with Gasteiger partial charge < -0.3 is 0 Å². The number of aryl methyl sites for hydroxylation is 6. The second-order valence-corrected chi connectivity index (χ2v) is 24.6. The van der Waals surface area contributed by atoms with Crippen LogP contribution in [0.25, 0.3) is 11.1 Å². The van der Waals surface area contributed by atoms with Crippen LogP contribution in [0.3, 0.4) is 0 Å². The molecule has 1 aliphatic carbocycles. The maximum atomic E-state index is 15.4. The van der Waals surface area contributed by atoms with Crippen LogP contribution in [0.15, 0.2) is 303 Å². The van der Waals surface area contributed by atoms with Crippen LogP contribution in [0.4, 0.5) is 26.3 Å². The number of halogens is 6. The van der Waals surface area contributed by atoms with E-state index in [0.717, 1.165) is 76.1 Å². The van der Waals surface area contributed by atoms with Crippen LogP contribution in [0, 0.1) is 13.8 Å². The molecule has 450 valence electrons. The minimum absolute atomic E-state index is 0.337. The highest BCUT2D eigenvalue weighted by molar-refractivity contribution is 5.86. The van der Waals surface area contributed by atoms with E-state index in [4.69, 9.17) is 0 Å². The van der Waals surface area contributed by atoms with Gasteiger partial charge in [0, 0.05) is 0 Å². The van der Waals surface area contributed by atoms with E-state index in [1.165, 1.54) is 85.5 Å². The Bertz CT molecular complexity index is 4320. The van der Waals surface area contributed by atoms with E-state index in [2.05, 4.69) is 244 Å². The average Bonchev–Trinajstić information content (AvgIpc) is 1.66. The summed E-state index contributed by atoms with van der Waals surface area (Å²) in [5, 5.41) is 0. The maximum Gasteiger partial charge on any atom is 0.411 e. The Balaban J connectivity index is 0.650. The Morgan fingerprint density at radius 3 is 0.868 bits per heavy atom. The summed E-state index contributed by atoms with van der Waals surface area (Å²) in [6.07, 6.45) is -7.62. The van der Waals surface area contributed by atoms with Gasteiger partial charge in [-0.3, -0.25) is 0 Å². The average molecular weight is 1200 g/mol. The molecule has 0 saturated carbocycles. The Kier molecular flexibility index (Phi) is 16.5. The lowest BCUT2D eigenvalue weighted by molar-refractivity contribution is -0.288. The van der Waals surface area contributed by atoms with E-state index >= 15 is 26.3 Å². The molecule has 12 aromatic rings. The minimum atomic E-state index is -5.69. The number of alkyl halides is 6. The molecule has 0 aliphatic heterocycles. The summed E-state index contributed by atoms with van der Waals surface area (Å²) in [6, 6.07) is 99.9. The predicted molar refractivity (Wildman–Crippen MR) is 357 cm³/mol. The summed E-state index contributed by atoms with van der Waals surface area (Å²) in [6.45, 7) is 4.20. The fourth-order valence-electron chi connectivity index (χ4n) is 14.3. The van der Waals surface area contributed by atoms with Crippen molar-refractivity contribution in [2.45, 2.75) is 81.0 Å².